The Hall–Kier alpha value is -4.22. The van der Waals surface area contributed by atoms with E-state index in [1.54, 1.807) is 72.0 Å². The highest BCUT2D eigenvalue weighted by molar-refractivity contribution is 6.40. The minimum atomic E-state index is -0.365. The molecule has 2 N–H and O–H groups in total. The highest BCUT2D eigenvalue weighted by atomic mass is 35.5. The minimum absolute atomic E-state index is 0.283. The van der Waals surface area contributed by atoms with Gasteiger partial charge in [-0.1, -0.05) is 64.6 Å². The summed E-state index contributed by atoms with van der Waals surface area (Å²) in [6, 6.07) is 13.9. The number of halogens is 4. The second-order valence-corrected chi connectivity index (χ2v) is 11.3. The Bertz CT molecular complexity index is 2070. The van der Waals surface area contributed by atoms with Crippen molar-refractivity contribution in [2.24, 2.45) is 14.1 Å². The molecule has 0 spiro atoms. The molecule has 2 amide bonds. The van der Waals surface area contributed by atoms with E-state index in [0.717, 1.165) is 11.4 Å². The zero-order valence-electron chi connectivity index (χ0n) is 23.8. The fraction of sp³-hybridized carbons (Fsp3) is 0.133. The van der Waals surface area contributed by atoms with Gasteiger partial charge in [-0.3, -0.25) is 19.0 Å². The summed E-state index contributed by atoms with van der Waals surface area (Å²) in [7, 11) is 3.56. The summed E-state index contributed by atoms with van der Waals surface area (Å²) in [6.45, 7) is 3.65. The van der Waals surface area contributed by atoms with E-state index in [1.807, 2.05) is 13.8 Å². The largest absolute Gasteiger partial charge is 0.322 e. The van der Waals surface area contributed by atoms with Crippen LogP contribution in [0.5, 0.6) is 0 Å². The van der Waals surface area contributed by atoms with Gasteiger partial charge in [0.15, 0.2) is 11.3 Å². The molecule has 0 radical (unpaired) electrons. The second kappa shape index (κ2) is 12.8. The molecule has 0 atom stereocenters. The number of aryl methyl sites for hydroxylation is 4. The molecule has 0 saturated carbocycles. The number of para-hydroxylation sites is 1. The summed E-state index contributed by atoms with van der Waals surface area (Å²) in [6.07, 6.45) is 2.89. The molecule has 44 heavy (non-hydrogen) atoms. The number of nitrogens with one attached hydrogen (secondary N) is 2. The van der Waals surface area contributed by atoms with Crippen LogP contribution in [0.15, 0.2) is 60.9 Å². The van der Waals surface area contributed by atoms with Crippen molar-refractivity contribution in [3.8, 4) is 0 Å². The van der Waals surface area contributed by atoms with Crippen LogP contribution < -0.4 is 10.6 Å². The molecule has 0 fully saturated rings. The van der Waals surface area contributed by atoms with E-state index in [1.165, 1.54) is 12.4 Å². The third-order valence-corrected chi connectivity index (χ3v) is 7.97. The van der Waals surface area contributed by atoms with Gasteiger partial charge in [0.05, 0.1) is 54.0 Å². The standard InChI is InChI=1S/2C15H12Cl2N4O/c1-8-12-13(17)11(7-18-14(12)21(2)20-8)15(22)19-10-5-3-4-9(16)6-10;1-8-12-13(17)9(7-18-14(12)21(2)20-8)15(22)19-11-6-4-3-5-10(11)16/h2*3-7H,1-2H3,(H,19,22). The van der Waals surface area contributed by atoms with Gasteiger partial charge in [0.2, 0.25) is 0 Å². The molecule has 0 aliphatic rings. The van der Waals surface area contributed by atoms with Crippen molar-refractivity contribution in [3.05, 3.63) is 104 Å². The Balaban J connectivity index is 0.000000175. The van der Waals surface area contributed by atoms with Gasteiger partial charge in [0.25, 0.3) is 11.8 Å². The van der Waals surface area contributed by atoms with Gasteiger partial charge in [-0.05, 0) is 44.2 Å². The van der Waals surface area contributed by atoms with Gasteiger partial charge in [-0.25, -0.2) is 9.97 Å². The van der Waals surface area contributed by atoms with E-state index in [2.05, 4.69) is 30.8 Å². The molecule has 0 aliphatic heterocycles. The molecule has 0 aliphatic carbocycles. The van der Waals surface area contributed by atoms with E-state index >= 15 is 0 Å². The number of aromatic nitrogens is 6. The quantitative estimate of drug-likeness (QED) is 0.199. The molecule has 14 heteroatoms. The molecule has 4 heterocycles. The van der Waals surface area contributed by atoms with Crippen LogP contribution in [0.1, 0.15) is 32.1 Å². The zero-order chi connectivity index (χ0) is 31.7. The molecular formula is C30H24Cl4N8O2. The maximum atomic E-state index is 12.4. The van der Waals surface area contributed by atoms with Gasteiger partial charge < -0.3 is 10.6 Å². The molecule has 4 aromatic heterocycles. The lowest BCUT2D eigenvalue weighted by Crippen LogP contribution is -2.13. The summed E-state index contributed by atoms with van der Waals surface area (Å²) >= 11 is 24.7. The van der Waals surface area contributed by atoms with Crippen LogP contribution in [-0.2, 0) is 14.1 Å². The van der Waals surface area contributed by atoms with Crippen LogP contribution in [0.25, 0.3) is 22.1 Å². The van der Waals surface area contributed by atoms with Gasteiger partial charge in [0, 0.05) is 37.2 Å². The van der Waals surface area contributed by atoms with Crippen LogP contribution >= 0.6 is 46.4 Å². The Labute approximate surface area is 271 Å². The first-order chi connectivity index (χ1) is 21.0. The SMILES string of the molecule is Cc1nn(C)c2ncc(C(=O)Nc3cccc(Cl)c3)c(Cl)c12.Cc1nn(C)c2ncc(C(=O)Nc3ccccc3Cl)c(Cl)c12. The number of fused-ring (bicyclic) bond motifs is 2. The Morgan fingerprint density at radius 1 is 0.705 bits per heavy atom. The number of amides is 2. The lowest BCUT2D eigenvalue weighted by molar-refractivity contribution is 0.101. The fourth-order valence-electron chi connectivity index (χ4n) is 4.57. The molecule has 0 unspecified atom stereocenters. The number of carbonyl (C=O) groups excluding carboxylic acids is 2. The molecule has 2 aromatic carbocycles. The average molecular weight is 670 g/mol. The van der Waals surface area contributed by atoms with Crippen LogP contribution in [0.4, 0.5) is 11.4 Å². The molecular weight excluding hydrogens is 646 g/mol. The number of rotatable bonds is 4. The van der Waals surface area contributed by atoms with Crippen LogP contribution in [-0.4, -0.2) is 41.3 Å². The molecule has 6 aromatic rings. The van der Waals surface area contributed by atoms with Gasteiger partial charge in [0.1, 0.15) is 0 Å². The van der Waals surface area contributed by atoms with Gasteiger partial charge >= 0.3 is 0 Å². The Kier molecular flexibility index (Phi) is 9.07. The predicted molar refractivity (Wildman–Crippen MR) is 175 cm³/mol. The third kappa shape index (κ3) is 6.20. The highest BCUT2D eigenvalue weighted by Gasteiger charge is 2.20. The Morgan fingerprint density at radius 2 is 1.23 bits per heavy atom. The van der Waals surface area contributed by atoms with Gasteiger partial charge in [-0.15, -0.1) is 0 Å². The molecule has 10 nitrogen and oxygen atoms in total. The van der Waals surface area contributed by atoms with Crippen LogP contribution in [0, 0.1) is 13.8 Å². The van der Waals surface area contributed by atoms with E-state index in [4.69, 9.17) is 46.4 Å². The number of hydrogen-bond donors (Lipinski definition) is 2. The van der Waals surface area contributed by atoms with Crippen molar-refractivity contribution in [3.63, 3.8) is 0 Å². The van der Waals surface area contributed by atoms with E-state index in [9.17, 15) is 9.59 Å². The monoisotopic (exact) mass is 668 g/mol. The highest BCUT2D eigenvalue weighted by Crippen LogP contribution is 2.30. The summed E-state index contributed by atoms with van der Waals surface area (Å²) in [5.41, 5.74) is 4.42. The smallest absolute Gasteiger partial charge is 0.258 e. The molecule has 224 valence electrons. The number of carbonyl (C=O) groups is 2. The minimum Gasteiger partial charge on any atom is -0.322 e. The first-order valence-corrected chi connectivity index (χ1v) is 14.6. The maximum Gasteiger partial charge on any atom is 0.258 e. The van der Waals surface area contributed by atoms with Crippen LogP contribution in [0.3, 0.4) is 0 Å². The lowest BCUT2D eigenvalue weighted by Gasteiger charge is -2.08. The fourth-order valence-corrected chi connectivity index (χ4v) is 5.65. The zero-order valence-corrected chi connectivity index (χ0v) is 26.8. The number of hydrogen-bond acceptors (Lipinski definition) is 6. The molecule has 0 bridgehead atoms. The van der Waals surface area contributed by atoms with E-state index < -0.39 is 0 Å². The maximum absolute atomic E-state index is 12.4. The average Bonchev–Trinajstić information content (AvgIpc) is 3.44. The number of anilines is 2. The first-order valence-electron chi connectivity index (χ1n) is 13.0. The first kappa shape index (κ1) is 31.2. The molecule has 6 rings (SSSR count). The second-order valence-electron chi connectivity index (χ2n) is 9.69. The van der Waals surface area contributed by atoms with Crippen molar-refractivity contribution in [2.75, 3.05) is 10.6 Å². The Morgan fingerprint density at radius 3 is 1.75 bits per heavy atom. The summed E-state index contributed by atoms with van der Waals surface area (Å²) < 4.78 is 3.27. The number of benzene rings is 2. The summed E-state index contributed by atoms with van der Waals surface area (Å²) in [4.78, 5) is 33.4. The van der Waals surface area contributed by atoms with Crippen LogP contribution in [0.2, 0.25) is 20.1 Å². The van der Waals surface area contributed by atoms with E-state index in [0.29, 0.717) is 59.1 Å². The predicted octanol–water partition coefficient (Wildman–Crippen LogP) is 7.67. The summed E-state index contributed by atoms with van der Waals surface area (Å²) in [5, 5.41) is 17.1. The number of pyridine rings is 2. The topological polar surface area (TPSA) is 120 Å². The normalized spacial score (nSPS) is 10.9. The van der Waals surface area contributed by atoms with Gasteiger partial charge in [-0.2, -0.15) is 10.2 Å². The molecule has 0 saturated heterocycles. The van der Waals surface area contributed by atoms with E-state index in [-0.39, 0.29) is 17.4 Å². The lowest BCUT2D eigenvalue weighted by atomic mass is 10.2. The van der Waals surface area contributed by atoms with Crippen molar-refractivity contribution in [2.45, 2.75) is 13.8 Å². The third-order valence-electron chi connectivity index (χ3n) is 6.62. The van der Waals surface area contributed by atoms with Crippen molar-refractivity contribution < 1.29 is 9.59 Å². The van der Waals surface area contributed by atoms with Crippen molar-refractivity contribution >= 4 is 91.7 Å². The van der Waals surface area contributed by atoms with Crippen molar-refractivity contribution in [1.29, 1.82) is 0 Å². The summed E-state index contributed by atoms with van der Waals surface area (Å²) in [5.74, 6) is -0.708. The van der Waals surface area contributed by atoms with Crippen molar-refractivity contribution in [1.82, 2.24) is 29.5 Å². The number of nitrogens with zero attached hydrogens (tertiary/aromatic N) is 6.